The number of hydrazine groups is 1. The van der Waals surface area contributed by atoms with Crippen molar-refractivity contribution in [2.45, 2.75) is 30.3 Å². The average molecular weight is 599 g/mol. The Labute approximate surface area is 228 Å². The van der Waals surface area contributed by atoms with Crippen LogP contribution in [0.15, 0.2) is 41.3 Å². The number of rotatable bonds is 12. The fraction of sp³-hybridized carbons (Fsp3) is 0.286. The van der Waals surface area contributed by atoms with Gasteiger partial charge >= 0.3 is 5.97 Å². The van der Waals surface area contributed by atoms with Gasteiger partial charge in [-0.05, 0) is 48.7 Å². The van der Waals surface area contributed by atoms with Crippen LogP contribution in [0.25, 0.3) is 0 Å². The van der Waals surface area contributed by atoms with Crippen LogP contribution in [0.2, 0.25) is 20.1 Å². The third-order valence-corrected chi connectivity index (χ3v) is 7.91. The highest BCUT2D eigenvalue weighted by Gasteiger charge is 2.33. The van der Waals surface area contributed by atoms with Crippen LogP contribution in [0.3, 0.4) is 0 Å². The molecule has 0 aromatic heterocycles. The molecule has 0 saturated carbocycles. The average Bonchev–Trinajstić information content (AvgIpc) is 2.78. The summed E-state index contributed by atoms with van der Waals surface area (Å²) < 4.78 is 25.8. The Balaban J connectivity index is 2.30. The predicted octanol–water partition coefficient (Wildman–Crippen LogP) is 3.32. The van der Waals surface area contributed by atoms with E-state index in [2.05, 4.69) is 10.7 Å². The van der Waals surface area contributed by atoms with Gasteiger partial charge in [0.25, 0.3) is 5.91 Å². The smallest absolute Gasteiger partial charge is 0.328 e. The number of carboxylic acids is 1. The maximum absolute atomic E-state index is 13.2. The molecule has 2 rings (SSSR count). The molecule has 36 heavy (non-hydrogen) atoms. The molecular formula is C21H23Cl4N5O5S. The number of guanidine groups is 1. The summed E-state index contributed by atoms with van der Waals surface area (Å²) in [7, 11) is -4.20. The quantitative estimate of drug-likeness (QED) is 0.107. The van der Waals surface area contributed by atoms with Crippen molar-refractivity contribution in [1.82, 2.24) is 15.8 Å². The van der Waals surface area contributed by atoms with Gasteiger partial charge in [-0.25, -0.2) is 18.6 Å². The summed E-state index contributed by atoms with van der Waals surface area (Å²) in [5, 5.41) is 21.0. The van der Waals surface area contributed by atoms with E-state index >= 15 is 0 Å². The van der Waals surface area contributed by atoms with Gasteiger partial charge in [0.2, 0.25) is 0 Å². The fourth-order valence-electron chi connectivity index (χ4n) is 3.07. The fourth-order valence-corrected chi connectivity index (χ4v) is 4.95. The van der Waals surface area contributed by atoms with Gasteiger partial charge in [-0.2, -0.15) is 0 Å². The van der Waals surface area contributed by atoms with Gasteiger partial charge in [0.05, 0.1) is 25.0 Å². The summed E-state index contributed by atoms with van der Waals surface area (Å²) in [6, 6.07) is 6.83. The van der Waals surface area contributed by atoms with E-state index in [1.165, 1.54) is 24.3 Å². The van der Waals surface area contributed by atoms with Crippen molar-refractivity contribution < 1.29 is 23.1 Å². The summed E-state index contributed by atoms with van der Waals surface area (Å²) >= 11 is 23.7. The van der Waals surface area contributed by atoms with Crippen molar-refractivity contribution >= 4 is 74.1 Å². The first-order chi connectivity index (χ1) is 16.8. The molecule has 0 aliphatic carbocycles. The normalized spacial score (nSPS) is 12.1. The van der Waals surface area contributed by atoms with E-state index in [0.29, 0.717) is 10.6 Å². The number of nitrogens with two attached hydrogens (primary N) is 1. The van der Waals surface area contributed by atoms with E-state index in [0.717, 1.165) is 11.1 Å². The molecule has 196 valence electrons. The standard InChI is InChI=1S/C21H23Cl4N5O5S/c22-14-5-3-12(8-16(14)24)10-29-30(18(20(32)33)2-1-7-28-21(26)27)19(31)11-36(34,35)13-4-6-15(23)17(25)9-13/h3-6,8-9,18,29H,1-2,7,10-11H2,(H,32,33)(H4,26,27,28)/t18-/m0/s1. The van der Waals surface area contributed by atoms with E-state index in [-0.39, 0.29) is 51.9 Å². The maximum Gasteiger partial charge on any atom is 0.328 e. The van der Waals surface area contributed by atoms with Crippen LogP contribution in [0.1, 0.15) is 18.4 Å². The van der Waals surface area contributed by atoms with E-state index in [1.807, 2.05) is 0 Å². The minimum atomic E-state index is -4.20. The number of halogens is 4. The molecular weight excluding hydrogens is 576 g/mol. The number of nitrogens with one attached hydrogen (secondary N) is 3. The third kappa shape index (κ3) is 8.68. The molecule has 0 bridgehead atoms. The zero-order chi connectivity index (χ0) is 27.0. The third-order valence-electron chi connectivity index (χ3n) is 4.84. The van der Waals surface area contributed by atoms with Gasteiger partial charge in [0.1, 0.15) is 11.8 Å². The molecule has 1 amide bonds. The van der Waals surface area contributed by atoms with Gasteiger partial charge in [-0.3, -0.25) is 15.2 Å². The van der Waals surface area contributed by atoms with Crippen molar-refractivity contribution in [2.75, 3.05) is 12.3 Å². The molecule has 6 N–H and O–H groups in total. The monoisotopic (exact) mass is 597 g/mol. The van der Waals surface area contributed by atoms with Crippen molar-refractivity contribution in [1.29, 1.82) is 5.41 Å². The van der Waals surface area contributed by atoms with Gasteiger partial charge in [0, 0.05) is 13.1 Å². The number of benzene rings is 2. The van der Waals surface area contributed by atoms with E-state index in [9.17, 15) is 23.1 Å². The molecule has 15 heteroatoms. The largest absolute Gasteiger partial charge is 0.480 e. The van der Waals surface area contributed by atoms with Crippen molar-refractivity contribution in [3.63, 3.8) is 0 Å². The highest BCUT2D eigenvalue weighted by atomic mass is 35.5. The second-order valence-electron chi connectivity index (χ2n) is 7.52. The number of carbonyl (C=O) groups excluding carboxylic acids is 1. The van der Waals surface area contributed by atoms with Gasteiger partial charge in [0.15, 0.2) is 15.8 Å². The Morgan fingerprint density at radius 3 is 2.19 bits per heavy atom. The molecule has 2 aromatic carbocycles. The molecule has 2 aromatic rings. The molecule has 0 aliphatic rings. The lowest BCUT2D eigenvalue weighted by molar-refractivity contribution is -0.152. The zero-order valence-corrected chi connectivity index (χ0v) is 22.4. The van der Waals surface area contributed by atoms with Crippen molar-refractivity contribution in [3.05, 3.63) is 62.1 Å². The summed E-state index contributed by atoms with van der Waals surface area (Å²) in [5.74, 6) is -3.69. The minimum absolute atomic E-state index is 0.0128. The molecule has 1 atom stereocenters. The molecule has 0 heterocycles. The number of nitrogens with zero attached hydrogens (tertiary/aromatic N) is 1. The minimum Gasteiger partial charge on any atom is -0.480 e. The Bertz CT molecular complexity index is 1250. The van der Waals surface area contributed by atoms with Gasteiger partial charge in [-0.15, -0.1) is 0 Å². The van der Waals surface area contributed by atoms with Crippen LogP contribution in [0.4, 0.5) is 0 Å². The summed E-state index contributed by atoms with van der Waals surface area (Å²) in [5.41, 5.74) is 8.51. The lowest BCUT2D eigenvalue weighted by Gasteiger charge is -2.30. The van der Waals surface area contributed by atoms with Gasteiger partial charge < -0.3 is 16.2 Å². The summed E-state index contributed by atoms with van der Waals surface area (Å²) in [4.78, 5) is 25.0. The van der Waals surface area contributed by atoms with Crippen molar-refractivity contribution in [3.8, 4) is 0 Å². The van der Waals surface area contributed by atoms with E-state index in [4.69, 9.17) is 57.5 Å². The molecule has 0 fully saturated rings. The first-order valence-corrected chi connectivity index (χ1v) is 13.5. The molecule has 0 radical (unpaired) electrons. The van der Waals surface area contributed by atoms with Crippen molar-refractivity contribution in [2.24, 2.45) is 5.73 Å². The van der Waals surface area contributed by atoms with Crippen LogP contribution in [0.5, 0.6) is 0 Å². The number of carbonyl (C=O) groups is 2. The zero-order valence-electron chi connectivity index (χ0n) is 18.6. The first-order valence-electron chi connectivity index (χ1n) is 10.3. The van der Waals surface area contributed by atoms with E-state index < -0.39 is 33.5 Å². The summed E-state index contributed by atoms with van der Waals surface area (Å²) in [6.07, 6.45) is 0.150. The van der Waals surface area contributed by atoms with Crippen LogP contribution >= 0.6 is 46.4 Å². The van der Waals surface area contributed by atoms with E-state index in [1.54, 1.807) is 6.07 Å². The lowest BCUT2D eigenvalue weighted by atomic mass is 10.1. The second kappa shape index (κ2) is 13.3. The number of hydrogen-bond acceptors (Lipinski definition) is 6. The molecule has 0 unspecified atom stereocenters. The van der Waals surface area contributed by atoms with Gasteiger partial charge in [-0.1, -0.05) is 52.5 Å². The topological polar surface area (TPSA) is 166 Å². The van der Waals surface area contributed by atoms with Crippen LogP contribution in [0, 0.1) is 5.41 Å². The SMILES string of the molecule is N=C(N)NCCC[C@@H](C(=O)O)N(NCc1ccc(Cl)c(Cl)c1)C(=O)CS(=O)(=O)c1ccc(Cl)c(Cl)c1. The molecule has 10 nitrogen and oxygen atoms in total. The number of amides is 1. The molecule has 0 spiro atoms. The highest BCUT2D eigenvalue weighted by molar-refractivity contribution is 7.92. The Morgan fingerprint density at radius 2 is 1.64 bits per heavy atom. The first kappa shape index (κ1) is 29.9. The number of aliphatic carboxylic acids is 1. The lowest BCUT2D eigenvalue weighted by Crippen LogP contribution is -2.54. The Kier molecular flexibility index (Phi) is 11.1. The number of sulfone groups is 1. The molecule has 0 aliphatic heterocycles. The molecule has 0 saturated heterocycles. The number of carboxylic acid groups (broad SMARTS) is 1. The van der Waals surface area contributed by atoms with Crippen LogP contribution in [-0.4, -0.2) is 54.7 Å². The van der Waals surface area contributed by atoms with Crippen LogP contribution < -0.4 is 16.5 Å². The maximum atomic E-state index is 13.2. The highest BCUT2D eigenvalue weighted by Crippen LogP contribution is 2.26. The Morgan fingerprint density at radius 1 is 1.03 bits per heavy atom. The predicted molar refractivity (Wildman–Crippen MR) is 139 cm³/mol. The Hall–Kier alpha value is -2.28. The van der Waals surface area contributed by atoms with Crippen LogP contribution in [-0.2, 0) is 26.0 Å². The second-order valence-corrected chi connectivity index (χ2v) is 11.1. The summed E-state index contributed by atoms with van der Waals surface area (Å²) in [6.45, 7) is 0.125. The number of hydrogen-bond donors (Lipinski definition) is 5.